The smallest absolute Gasteiger partial charge is 0.166 e. The van der Waals surface area contributed by atoms with Crippen molar-refractivity contribution in [3.8, 4) is 5.75 Å². The Hall–Kier alpha value is -1.38. The van der Waals surface area contributed by atoms with E-state index < -0.39 is 5.82 Å². The lowest BCUT2D eigenvalue weighted by Gasteiger charge is -2.12. The number of fused-ring (bicyclic) bond motifs is 1. The van der Waals surface area contributed by atoms with Crippen LogP contribution < -0.4 is 10.1 Å². The van der Waals surface area contributed by atoms with Crippen LogP contribution in [0.3, 0.4) is 0 Å². The van der Waals surface area contributed by atoms with Crippen LogP contribution in [0.15, 0.2) is 30.6 Å². The van der Waals surface area contributed by atoms with Crippen LogP contribution in [-0.2, 0) is 0 Å². The maximum Gasteiger partial charge on any atom is 0.166 e. The van der Waals surface area contributed by atoms with E-state index in [1.165, 1.54) is 18.5 Å². The van der Waals surface area contributed by atoms with Gasteiger partial charge >= 0.3 is 0 Å². The topological polar surface area (TPSA) is 47.0 Å². The Morgan fingerprint density at radius 1 is 1.22 bits per heavy atom. The van der Waals surface area contributed by atoms with E-state index in [1.807, 2.05) is 6.07 Å². The Balaban J connectivity index is 2.11. The first kappa shape index (κ1) is 16.5. The zero-order chi connectivity index (χ0) is 16.6. The molecule has 0 aliphatic rings. The van der Waals surface area contributed by atoms with Crippen molar-refractivity contribution in [3.05, 3.63) is 50.0 Å². The highest BCUT2D eigenvalue weighted by molar-refractivity contribution is 14.1. The molecule has 0 aliphatic heterocycles. The van der Waals surface area contributed by atoms with Gasteiger partial charge in [-0.25, -0.2) is 14.4 Å². The van der Waals surface area contributed by atoms with Gasteiger partial charge in [0.2, 0.25) is 0 Å². The number of hydrogen-bond acceptors (Lipinski definition) is 4. The minimum Gasteiger partial charge on any atom is -0.496 e. The van der Waals surface area contributed by atoms with Crippen molar-refractivity contribution < 1.29 is 9.13 Å². The van der Waals surface area contributed by atoms with Gasteiger partial charge in [0.1, 0.15) is 17.9 Å². The maximum atomic E-state index is 14.2. The molecule has 0 saturated carbocycles. The Kier molecular flexibility index (Phi) is 4.74. The van der Waals surface area contributed by atoms with E-state index in [9.17, 15) is 4.39 Å². The van der Waals surface area contributed by atoms with Gasteiger partial charge in [-0.05, 0) is 40.8 Å². The van der Waals surface area contributed by atoms with E-state index in [2.05, 4.69) is 37.9 Å². The molecular weight excluding hydrogens is 455 g/mol. The van der Waals surface area contributed by atoms with Crippen molar-refractivity contribution in [3.63, 3.8) is 0 Å². The van der Waals surface area contributed by atoms with Gasteiger partial charge in [0, 0.05) is 11.5 Å². The van der Waals surface area contributed by atoms with Crippen LogP contribution in [0.5, 0.6) is 5.75 Å². The zero-order valence-corrected chi connectivity index (χ0v) is 15.4. The fourth-order valence-electron chi connectivity index (χ4n) is 2.06. The molecule has 118 valence electrons. The van der Waals surface area contributed by atoms with Gasteiger partial charge in [0.05, 0.1) is 31.9 Å². The summed E-state index contributed by atoms with van der Waals surface area (Å²) < 4.78 is 20.4. The summed E-state index contributed by atoms with van der Waals surface area (Å²) >= 11 is 13.8. The Labute approximate surface area is 155 Å². The molecule has 4 nitrogen and oxygen atoms in total. The number of halogens is 4. The number of hydrogen-bond donors (Lipinski definition) is 1. The standard InChI is InChI=1S/C15H9Cl2FIN3O/c1-23-12-5-11-7(4-9(12)19)15(21-6-20-11)22-10-3-2-8(16)13(17)14(10)18/h2-6H,1H3,(H,20,21,22). The first-order valence-electron chi connectivity index (χ1n) is 6.40. The van der Waals surface area contributed by atoms with E-state index in [4.69, 9.17) is 27.9 Å². The fraction of sp³-hybridized carbons (Fsp3) is 0.0667. The second kappa shape index (κ2) is 6.62. The third-order valence-electron chi connectivity index (χ3n) is 3.20. The number of aromatic nitrogens is 2. The summed E-state index contributed by atoms with van der Waals surface area (Å²) in [4.78, 5) is 8.39. The second-order valence-corrected chi connectivity index (χ2v) is 6.52. The molecule has 0 radical (unpaired) electrons. The van der Waals surface area contributed by atoms with Crippen LogP contribution in [0, 0.1) is 9.39 Å². The van der Waals surface area contributed by atoms with Gasteiger partial charge in [0.25, 0.3) is 0 Å². The molecule has 0 spiro atoms. The van der Waals surface area contributed by atoms with Crippen molar-refractivity contribution in [2.45, 2.75) is 0 Å². The summed E-state index contributed by atoms with van der Waals surface area (Å²) in [6.07, 6.45) is 1.40. The minimum atomic E-state index is -0.630. The van der Waals surface area contributed by atoms with E-state index in [0.29, 0.717) is 17.1 Å². The number of benzene rings is 2. The molecule has 0 amide bonds. The number of methoxy groups -OCH3 is 1. The molecule has 0 bridgehead atoms. The highest BCUT2D eigenvalue weighted by Gasteiger charge is 2.14. The molecule has 0 aliphatic carbocycles. The summed E-state index contributed by atoms with van der Waals surface area (Å²) in [5, 5.41) is 3.69. The quantitative estimate of drug-likeness (QED) is 0.415. The lowest BCUT2D eigenvalue weighted by Crippen LogP contribution is -1.99. The SMILES string of the molecule is COc1cc2ncnc(Nc3ccc(Cl)c(Cl)c3F)c2cc1I. The van der Waals surface area contributed by atoms with Gasteiger partial charge in [0.15, 0.2) is 5.82 Å². The number of nitrogens with one attached hydrogen (secondary N) is 1. The number of nitrogens with zero attached hydrogens (tertiary/aromatic N) is 2. The normalized spacial score (nSPS) is 10.8. The minimum absolute atomic E-state index is 0.133. The Morgan fingerprint density at radius 3 is 2.74 bits per heavy atom. The second-order valence-electron chi connectivity index (χ2n) is 4.57. The Bertz CT molecular complexity index is 908. The van der Waals surface area contributed by atoms with Crippen molar-refractivity contribution in [1.82, 2.24) is 9.97 Å². The number of ether oxygens (including phenoxy) is 1. The van der Waals surface area contributed by atoms with E-state index in [-0.39, 0.29) is 15.7 Å². The summed E-state index contributed by atoms with van der Waals surface area (Å²) in [7, 11) is 1.59. The molecule has 8 heteroatoms. The monoisotopic (exact) mass is 463 g/mol. The summed E-state index contributed by atoms with van der Waals surface area (Å²) in [5.74, 6) is 0.547. The van der Waals surface area contributed by atoms with Crippen molar-refractivity contribution in [2.75, 3.05) is 12.4 Å². The van der Waals surface area contributed by atoms with E-state index in [1.54, 1.807) is 13.2 Å². The molecule has 1 N–H and O–H groups in total. The average Bonchev–Trinajstić information content (AvgIpc) is 2.55. The highest BCUT2D eigenvalue weighted by atomic mass is 127. The molecule has 0 atom stereocenters. The molecule has 0 saturated heterocycles. The number of anilines is 2. The molecule has 1 aromatic heterocycles. The summed E-state index contributed by atoms with van der Waals surface area (Å²) in [6.45, 7) is 0. The van der Waals surface area contributed by atoms with Crippen LogP contribution >= 0.6 is 45.8 Å². The molecule has 2 aromatic carbocycles. The zero-order valence-electron chi connectivity index (χ0n) is 11.7. The van der Waals surface area contributed by atoms with E-state index >= 15 is 0 Å². The van der Waals surface area contributed by atoms with Crippen LogP contribution in [0.1, 0.15) is 0 Å². The molecule has 0 fully saturated rings. The molecule has 1 heterocycles. The molecule has 0 unspecified atom stereocenters. The van der Waals surface area contributed by atoms with Crippen molar-refractivity contribution in [1.29, 1.82) is 0 Å². The van der Waals surface area contributed by atoms with Crippen molar-refractivity contribution in [2.24, 2.45) is 0 Å². The van der Waals surface area contributed by atoms with Crippen LogP contribution in [0.4, 0.5) is 15.9 Å². The summed E-state index contributed by atoms with van der Waals surface area (Å²) in [5.41, 5.74) is 0.866. The third kappa shape index (κ3) is 3.15. The van der Waals surface area contributed by atoms with Gasteiger partial charge in [-0.15, -0.1) is 0 Å². The van der Waals surface area contributed by atoms with E-state index in [0.717, 1.165) is 8.96 Å². The van der Waals surface area contributed by atoms with Crippen molar-refractivity contribution >= 4 is 68.2 Å². The van der Waals surface area contributed by atoms with Crippen LogP contribution in [-0.4, -0.2) is 17.1 Å². The fourth-order valence-corrected chi connectivity index (χ4v) is 3.06. The number of rotatable bonds is 3. The molecule has 3 aromatic rings. The first-order chi connectivity index (χ1) is 11.0. The molecule has 23 heavy (non-hydrogen) atoms. The first-order valence-corrected chi connectivity index (χ1v) is 8.23. The predicted octanol–water partition coefficient (Wildman–Crippen LogP) is 5.43. The largest absolute Gasteiger partial charge is 0.496 e. The average molecular weight is 464 g/mol. The van der Waals surface area contributed by atoms with Gasteiger partial charge in [-0.2, -0.15) is 0 Å². The Morgan fingerprint density at radius 2 is 2.00 bits per heavy atom. The van der Waals surface area contributed by atoms with Gasteiger partial charge < -0.3 is 10.1 Å². The lowest BCUT2D eigenvalue weighted by molar-refractivity contribution is 0.412. The van der Waals surface area contributed by atoms with Gasteiger partial charge in [-0.1, -0.05) is 23.2 Å². The van der Waals surface area contributed by atoms with Crippen LogP contribution in [0.25, 0.3) is 10.9 Å². The maximum absolute atomic E-state index is 14.2. The predicted molar refractivity (Wildman–Crippen MR) is 98.5 cm³/mol. The van der Waals surface area contributed by atoms with Crippen LogP contribution in [0.2, 0.25) is 10.0 Å². The van der Waals surface area contributed by atoms with Gasteiger partial charge in [-0.3, -0.25) is 0 Å². The highest BCUT2D eigenvalue weighted by Crippen LogP contribution is 2.34. The lowest BCUT2D eigenvalue weighted by atomic mass is 10.2. The third-order valence-corrected chi connectivity index (χ3v) is 4.82. The summed E-state index contributed by atoms with van der Waals surface area (Å²) in [6, 6.07) is 6.69. The molecule has 3 rings (SSSR count). The molecular formula is C15H9Cl2FIN3O.